The van der Waals surface area contributed by atoms with Gasteiger partial charge in [-0.15, -0.1) is 0 Å². The summed E-state index contributed by atoms with van der Waals surface area (Å²) in [6.07, 6.45) is 4.03. The van der Waals surface area contributed by atoms with E-state index in [0.717, 1.165) is 42.6 Å². The molecule has 1 heterocycles. The first-order valence-corrected chi connectivity index (χ1v) is 11.9. The highest BCUT2D eigenvalue weighted by Gasteiger charge is 2.39. The fourth-order valence-corrected chi connectivity index (χ4v) is 4.71. The molecule has 0 radical (unpaired) electrons. The molecule has 0 spiro atoms. The first-order valence-electron chi connectivity index (χ1n) is 11.9. The lowest BCUT2D eigenvalue weighted by molar-refractivity contribution is -0.116. The zero-order chi connectivity index (χ0) is 24.1. The number of anilines is 1. The maximum atomic E-state index is 13.7. The van der Waals surface area contributed by atoms with Crippen molar-refractivity contribution in [2.45, 2.75) is 51.9 Å². The number of ether oxygens (including phenoxy) is 2. The number of methoxy groups -OCH3 is 1. The van der Waals surface area contributed by atoms with Crippen molar-refractivity contribution in [3.63, 3.8) is 0 Å². The quantitative estimate of drug-likeness (QED) is 0.510. The zero-order valence-electron chi connectivity index (χ0n) is 20.1. The van der Waals surface area contributed by atoms with Crippen molar-refractivity contribution in [1.82, 2.24) is 5.32 Å². The molecule has 4 rings (SSSR count). The molecule has 2 N–H and O–H groups in total. The lowest BCUT2D eigenvalue weighted by atomic mass is 9.74. The van der Waals surface area contributed by atoms with Gasteiger partial charge < -0.3 is 20.1 Å². The SMILES string of the molecule is CCCCOc1ccccc1[C@@H]1C(C(=O)Nc2ccccc2OC)=C(C)NC2=C1C(=O)CCC2. The molecule has 0 saturated heterocycles. The van der Waals surface area contributed by atoms with Gasteiger partial charge in [-0.05, 0) is 44.4 Å². The number of unbranched alkanes of at least 4 members (excludes halogenated alkanes) is 1. The van der Waals surface area contributed by atoms with E-state index >= 15 is 0 Å². The molecular weight excluding hydrogens is 428 g/mol. The minimum atomic E-state index is -0.503. The van der Waals surface area contributed by atoms with Gasteiger partial charge >= 0.3 is 0 Å². The summed E-state index contributed by atoms with van der Waals surface area (Å²) >= 11 is 0. The lowest BCUT2D eigenvalue weighted by Gasteiger charge is -2.35. The van der Waals surface area contributed by atoms with Gasteiger partial charge in [0, 0.05) is 34.5 Å². The van der Waals surface area contributed by atoms with E-state index in [9.17, 15) is 9.59 Å². The fraction of sp³-hybridized carbons (Fsp3) is 0.357. The molecule has 1 aliphatic heterocycles. The van der Waals surface area contributed by atoms with Crippen LogP contribution in [-0.4, -0.2) is 25.4 Å². The Morgan fingerprint density at radius 2 is 1.82 bits per heavy atom. The summed E-state index contributed by atoms with van der Waals surface area (Å²) in [7, 11) is 1.57. The van der Waals surface area contributed by atoms with E-state index in [1.54, 1.807) is 19.2 Å². The molecule has 178 valence electrons. The van der Waals surface area contributed by atoms with Crippen LogP contribution >= 0.6 is 0 Å². The molecule has 34 heavy (non-hydrogen) atoms. The van der Waals surface area contributed by atoms with E-state index in [0.29, 0.717) is 41.4 Å². The third-order valence-corrected chi connectivity index (χ3v) is 6.36. The predicted molar refractivity (Wildman–Crippen MR) is 133 cm³/mol. The molecule has 0 fully saturated rings. The van der Waals surface area contributed by atoms with Crippen LogP contribution < -0.4 is 20.1 Å². The Kier molecular flexibility index (Phi) is 7.36. The number of amides is 1. The Balaban J connectivity index is 1.79. The monoisotopic (exact) mass is 460 g/mol. The van der Waals surface area contributed by atoms with Crippen molar-refractivity contribution in [2.75, 3.05) is 19.0 Å². The average molecular weight is 461 g/mol. The van der Waals surface area contributed by atoms with Crippen LogP contribution in [0.3, 0.4) is 0 Å². The minimum Gasteiger partial charge on any atom is -0.495 e. The summed E-state index contributed by atoms with van der Waals surface area (Å²) in [6.45, 7) is 4.60. The lowest BCUT2D eigenvalue weighted by Crippen LogP contribution is -2.35. The Labute approximate surface area is 201 Å². The third-order valence-electron chi connectivity index (χ3n) is 6.36. The van der Waals surface area contributed by atoms with Crippen LogP contribution in [0, 0.1) is 0 Å². The predicted octanol–water partition coefficient (Wildman–Crippen LogP) is 5.48. The van der Waals surface area contributed by atoms with E-state index in [2.05, 4.69) is 17.6 Å². The van der Waals surface area contributed by atoms with Crippen molar-refractivity contribution in [3.8, 4) is 11.5 Å². The number of allylic oxidation sites excluding steroid dienone is 3. The summed E-state index contributed by atoms with van der Waals surface area (Å²) in [4.78, 5) is 26.9. The maximum Gasteiger partial charge on any atom is 0.254 e. The number of dihydropyridines is 1. The van der Waals surface area contributed by atoms with Crippen molar-refractivity contribution in [3.05, 3.63) is 76.6 Å². The maximum absolute atomic E-state index is 13.7. The Morgan fingerprint density at radius 1 is 1.09 bits per heavy atom. The largest absolute Gasteiger partial charge is 0.495 e. The topological polar surface area (TPSA) is 76.7 Å². The number of carbonyl (C=O) groups is 2. The summed E-state index contributed by atoms with van der Waals surface area (Å²) in [6, 6.07) is 15.0. The van der Waals surface area contributed by atoms with Crippen LogP contribution in [-0.2, 0) is 9.59 Å². The van der Waals surface area contributed by atoms with Gasteiger partial charge in [0.2, 0.25) is 0 Å². The standard InChI is InChI=1S/C28H32N2O4/c1-4-5-17-34-23-15-8-6-11-19(23)26-25(18(2)29-21-13-10-14-22(31)27(21)26)28(32)30-20-12-7-9-16-24(20)33-3/h6-9,11-12,15-16,26,29H,4-5,10,13-14,17H2,1-3H3,(H,30,32)/t26-/m1/s1. The molecule has 2 aliphatic rings. The molecule has 0 aromatic heterocycles. The van der Waals surface area contributed by atoms with Crippen molar-refractivity contribution >= 4 is 17.4 Å². The summed E-state index contributed by atoms with van der Waals surface area (Å²) in [5.74, 6) is 0.594. The van der Waals surface area contributed by atoms with E-state index in [1.807, 2.05) is 43.3 Å². The minimum absolute atomic E-state index is 0.0807. The van der Waals surface area contributed by atoms with Crippen LogP contribution in [0.25, 0.3) is 0 Å². The van der Waals surface area contributed by atoms with Gasteiger partial charge in [0.25, 0.3) is 5.91 Å². The van der Waals surface area contributed by atoms with E-state index < -0.39 is 5.92 Å². The Morgan fingerprint density at radius 3 is 2.59 bits per heavy atom. The molecule has 1 atom stereocenters. The Bertz CT molecular complexity index is 1150. The van der Waals surface area contributed by atoms with Gasteiger partial charge in [-0.25, -0.2) is 0 Å². The van der Waals surface area contributed by atoms with Crippen LogP contribution in [0.15, 0.2) is 71.1 Å². The van der Waals surface area contributed by atoms with Gasteiger partial charge in [0.05, 0.1) is 25.3 Å². The average Bonchev–Trinajstić information content (AvgIpc) is 2.84. The van der Waals surface area contributed by atoms with Crippen LogP contribution in [0.5, 0.6) is 11.5 Å². The third kappa shape index (κ3) is 4.72. The smallest absolute Gasteiger partial charge is 0.254 e. The number of Topliss-reactive ketones (excluding diaryl/α,β-unsaturated/α-hetero) is 1. The second kappa shape index (κ2) is 10.6. The normalized spacial score (nSPS) is 17.7. The number of hydrogen-bond donors (Lipinski definition) is 2. The number of carbonyl (C=O) groups excluding carboxylic acids is 2. The van der Waals surface area contributed by atoms with Gasteiger partial charge in [0.1, 0.15) is 11.5 Å². The highest BCUT2D eigenvalue weighted by molar-refractivity contribution is 6.10. The second-order valence-corrected chi connectivity index (χ2v) is 8.66. The zero-order valence-corrected chi connectivity index (χ0v) is 20.1. The number of rotatable bonds is 8. The van der Waals surface area contributed by atoms with E-state index in [4.69, 9.17) is 9.47 Å². The fourth-order valence-electron chi connectivity index (χ4n) is 4.71. The van der Waals surface area contributed by atoms with Crippen molar-refractivity contribution < 1.29 is 19.1 Å². The van der Waals surface area contributed by atoms with Gasteiger partial charge in [-0.3, -0.25) is 9.59 Å². The van der Waals surface area contributed by atoms with Crippen molar-refractivity contribution in [2.24, 2.45) is 0 Å². The number of hydrogen-bond acceptors (Lipinski definition) is 5. The molecule has 0 unspecified atom stereocenters. The number of benzene rings is 2. The Hall–Kier alpha value is -3.54. The van der Waals surface area contributed by atoms with Gasteiger partial charge in [-0.1, -0.05) is 43.7 Å². The molecule has 0 bridgehead atoms. The van der Waals surface area contributed by atoms with Crippen LogP contribution in [0.2, 0.25) is 0 Å². The van der Waals surface area contributed by atoms with Gasteiger partial charge in [-0.2, -0.15) is 0 Å². The number of ketones is 1. The second-order valence-electron chi connectivity index (χ2n) is 8.66. The summed E-state index contributed by atoms with van der Waals surface area (Å²) in [5, 5.41) is 6.38. The molecule has 6 heteroatoms. The first kappa shape index (κ1) is 23.6. The van der Waals surface area contributed by atoms with Crippen molar-refractivity contribution in [1.29, 1.82) is 0 Å². The highest BCUT2D eigenvalue weighted by atomic mass is 16.5. The van der Waals surface area contributed by atoms with Gasteiger partial charge in [0.15, 0.2) is 5.78 Å². The molecule has 2 aromatic rings. The highest BCUT2D eigenvalue weighted by Crippen LogP contribution is 2.45. The van der Waals surface area contributed by atoms with Crippen LogP contribution in [0.1, 0.15) is 57.4 Å². The van der Waals surface area contributed by atoms with E-state index in [-0.39, 0.29) is 11.7 Å². The molecule has 6 nitrogen and oxygen atoms in total. The molecular formula is C28H32N2O4. The molecule has 2 aromatic carbocycles. The number of para-hydroxylation sites is 3. The summed E-state index contributed by atoms with van der Waals surface area (Å²) in [5.41, 5.74) is 4.27. The summed E-state index contributed by atoms with van der Waals surface area (Å²) < 4.78 is 11.6. The van der Waals surface area contributed by atoms with Crippen LogP contribution in [0.4, 0.5) is 5.69 Å². The molecule has 0 saturated carbocycles. The molecule has 1 amide bonds. The first-order chi connectivity index (χ1) is 16.5. The van der Waals surface area contributed by atoms with E-state index in [1.165, 1.54) is 0 Å². The molecule has 1 aliphatic carbocycles. The number of nitrogens with one attached hydrogen (secondary N) is 2.